The van der Waals surface area contributed by atoms with Gasteiger partial charge in [-0.05, 0) is 0 Å². The van der Waals surface area contributed by atoms with E-state index in [0.717, 1.165) is 6.42 Å². The molecule has 0 heterocycles. The minimum atomic E-state index is 0. The van der Waals surface area contributed by atoms with Crippen molar-refractivity contribution in [3.05, 3.63) is 6.92 Å². The van der Waals surface area contributed by atoms with Crippen LogP contribution in [-0.4, -0.2) is 23.1 Å². The van der Waals surface area contributed by atoms with Gasteiger partial charge in [0.2, 0.25) is 0 Å². The van der Waals surface area contributed by atoms with Crippen molar-refractivity contribution >= 4 is 23.1 Å². The maximum atomic E-state index is 3.68. The second kappa shape index (κ2) is 15.7. The van der Waals surface area contributed by atoms with E-state index in [1.807, 2.05) is 0 Å². The van der Waals surface area contributed by atoms with Crippen LogP contribution < -0.4 is 12.4 Å². The Morgan fingerprint density at radius 1 is 1.43 bits per heavy atom. The quantitative estimate of drug-likeness (QED) is 0.320. The largest absolute Gasteiger partial charge is 2.00 e. The van der Waals surface area contributed by atoms with Crippen LogP contribution in [0.15, 0.2) is 0 Å². The Morgan fingerprint density at radius 2 is 1.86 bits per heavy atom. The topological polar surface area (TPSA) is 0 Å². The van der Waals surface area contributed by atoms with Gasteiger partial charge in [0.05, 0.1) is 0 Å². The molecule has 0 radical (unpaired) electrons. The van der Waals surface area contributed by atoms with Crippen LogP contribution in [0.5, 0.6) is 0 Å². The van der Waals surface area contributed by atoms with Crippen molar-refractivity contribution in [1.29, 1.82) is 0 Å². The maximum Gasteiger partial charge on any atom is 2.00 e. The van der Waals surface area contributed by atoms with Gasteiger partial charge < -0.3 is 19.3 Å². The fraction of sp³-hybridized carbons (Fsp3) is 0.800. The van der Waals surface area contributed by atoms with Gasteiger partial charge in [0.25, 0.3) is 0 Å². The summed E-state index contributed by atoms with van der Waals surface area (Å²) in [6, 6.07) is 0. The molecule has 0 fully saturated rings. The van der Waals surface area contributed by atoms with E-state index in [9.17, 15) is 0 Å². The molecule has 7 heavy (non-hydrogen) atoms. The Balaban J connectivity index is -0.0000000800. The van der Waals surface area contributed by atoms with Crippen molar-refractivity contribution in [2.75, 3.05) is 0 Å². The first-order chi connectivity index (χ1) is 2.41. The smallest absolute Gasteiger partial charge is 1.00 e. The first-order valence-electron chi connectivity index (χ1n) is 2.21. The van der Waals surface area contributed by atoms with Crippen LogP contribution in [-0.2, 0) is 0 Å². The molecule has 0 N–H and O–H groups in total. The molecule has 40 valence electrons. The first kappa shape index (κ1) is 15.7. The average Bonchev–Trinajstić information content (AvgIpc) is 1.41. The van der Waals surface area contributed by atoms with E-state index in [1.165, 1.54) is 12.8 Å². The summed E-state index contributed by atoms with van der Waals surface area (Å²) < 4.78 is 0. The van der Waals surface area contributed by atoms with E-state index in [2.05, 4.69) is 13.8 Å². The molecule has 0 nitrogen and oxygen atoms in total. The van der Waals surface area contributed by atoms with Crippen molar-refractivity contribution in [2.24, 2.45) is 0 Å². The maximum absolute atomic E-state index is 3.68. The van der Waals surface area contributed by atoms with Crippen LogP contribution in [0.3, 0.4) is 0 Å². The summed E-state index contributed by atoms with van der Waals surface area (Å²) in [5.41, 5.74) is 0. The summed E-state index contributed by atoms with van der Waals surface area (Å²) in [6.07, 6.45) is 3.65. The molecule has 0 aromatic carbocycles. The van der Waals surface area contributed by atoms with E-state index in [0.29, 0.717) is 0 Å². The molecular formula is C5H11ClMg. The molecule has 0 rings (SSSR count). The summed E-state index contributed by atoms with van der Waals surface area (Å²) in [7, 11) is 0. The third-order valence-electron chi connectivity index (χ3n) is 0.604. The molecule has 0 atom stereocenters. The monoisotopic (exact) mass is 130 g/mol. The van der Waals surface area contributed by atoms with Gasteiger partial charge in [-0.3, -0.25) is 0 Å². The number of hydrogen-bond donors (Lipinski definition) is 0. The first-order valence-corrected chi connectivity index (χ1v) is 2.21. The summed E-state index contributed by atoms with van der Waals surface area (Å²) in [5, 5.41) is 0. The van der Waals surface area contributed by atoms with Gasteiger partial charge in [-0.2, -0.15) is 6.42 Å². The summed E-state index contributed by atoms with van der Waals surface area (Å²) in [4.78, 5) is 0. The van der Waals surface area contributed by atoms with Crippen molar-refractivity contribution in [3.63, 3.8) is 0 Å². The summed E-state index contributed by atoms with van der Waals surface area (Å²) >= 11 is 0. The van der Waals surface area contributed by atoms with E-state index < -0.39 is 0 Å². The van der Waals surface area contributed by atoms with Gasteiger partial charge in [0.1, 0.15) is 0 Å². The normalized spacial score (nSPS) is 6.00. The Kier molecular flexibility index (Phi) is 35.3. The molecule has 0 amide bonds. The predicted octanol–water partition coefficient (Wildman–Crippen LogP) is -1.37. The molecule has 0 bridgehead atoms. The van der Waals surface area contributed by atoms with E-state index >= 15 is 0 Å². The Labute approximate surface area is 68.6 Å². The van der Waals surface area contributed by atoms with Gasteiger partial charge >= 0.3 is 23.1 Å². The van der Waals surface area contributed by atoms with Crippen LogP contribution in [0.25, 0.3) is 0 Å². The zero-order valence-corrected chi connectivity index (χ0v) is 7.08. The fourth-order valence-corrected chi connectivity index (χ4v) is 0.250. The van der Waals surface area contributed by atoms with Crippen LogP contribution in [0.2, 0.25) is 0 Å². The molecule has 0 aliphatic heterocycles. The minimum absolute atomic E-state index is 0. The van der Waals surface area contributed by atoms with Crippen LogP contribution in [0, 0.1) is 6.92 Å². The van der Waals surface area contributed by atoms with Crippen molar-refractivity contribution in [2.45, 2.75) is 26.2 Å². The standard InChI is InChI=1S/C5H11.ClH.Mg/c1-3-5-4-2;;/h1,3-5H2,2H3;1H;/q-1;;+2/p-1. The molecule has 0 aliphatic rings. The molecule has 0 unspecified atom stereocenters. The molecule has 0 aromatic heterocycles. The molecule has 0 spiro atoms. The Bertz CT molecular complexity index is 15.6. The van der Waals surface area contributed by atoms with Gasteiger partial charge in [0.15, 0.2) is 0 Å². The third kappa shape index (κ3) is 19.3. The predicted molar refractivity (Wildman–Crippen MR) is 30.6 cm³/mol. The molecule has 0 aromatic rings. The van der Waals surface area contributed by atoms with E-state index in [1.54, 1.807) is 0 Å². The molecule has 0 saturated heterocycles. The second-order valence-electron chi connectivity index (χ2n) is 1.21. The molecule has 0 aliphatic carbocycles. The molecule has 2 heteroatoms. The molecule has 0 saturated carbocycles. The minimum Gasteiger partial charge on any atom is -1.00 e. The van der Waals surface area contributed by atoms with Crippen LogP contribution >= 0.6 is 0 Å². The van der Waals surface area contributed by atoms with Crippen molar-refractivity contribution in [1.82, 2.24) is 0 Å². The number of unbranched alkanes of at least 4 members (excludes halogenated alkanes) is 2. The van der Waals surface area contributed by atoms with Gasteiger partial charge in [-0.15, -0.1) is 0 Å². The summed E-state index contributed by atoms with van der Waals surface area (Å²) in [6.45, 7) is 5.85. The number of rotatable bonds is 2. The van der Waals surface area contributed by atoms with Crippen LogP contribution in [0.4, 0.5) is 0 Å². The Hall–Kier alpha value is 1.06. The average molecular weight is 131 g/mol. The summed E-state index contributed by atoms with van der Waals surface area (Å²) in [5.74, 6) is 0. The number of halogens is 1. The zero-order chi connectivity index (χ0) is 4.12. The Morgan fingerprint density at radius 3 is 1.86 bits per heavy atom. The van der Waals surface area contributed by atoms with Crippen molar-refractivity contribution < 1.29 is 12.4 Å². The zero-order valence-electron chi connectivity index (χ0n) is 4.91. The fourth-order valence-electron chi connectivity index (χ4n) is 0.250. The van der Waals surface area contributed by atoms with Gasteiger partial charge in [-0.1, -0.05) is 19.8 Å². The second-order valence-corrected chi connectivity index (χ2v) is 1.21. The van der Waals surface area contributed by atoms with Crippen LogP contribution in [0.1, 0.15) is 26.2 Å². The third-order valence-corrected chi connectivity index (χ3v) is 0.604. The van der Waals surface area contributed by atoms with E-state index in [-0.39, 0.29) is 35.5 Å². The van der Waals surface area contributed by atoms with Gasteiger partial charge in [0, 0.05) is 0 Å². The van der Waals surface area contributed by atoms with Gasteiger partial charge in [-0.25, -0.2) is 0 Å². The van der Waals surface area contributed by atoms with Crippen molar-refractivity contribution in [3.8, 4) is 0 Å². The van der Waals surface area contributed by atoms with E-state index in [4.69, 9.17) is 0 Å². The number of hydrogen-bond acceptors (Lipinski definition) is 0. The SMILES string of the molecule is [CH2-]CCCC.[Cl-].[Mg+2]. The molecular weight excluding hydrogens is 120 g/mol.